The van der Waals surface area contributed by atoms with Crippen molar-refractivity contribution < 1.29 is 4.79 Å². The highest BCUT2D eigenvalue weighted by Gasteiger charge is 2.25. The molecule has 3 aliphatic rings. The number of H-pyrrole nitrogens is 1. The van der Waals surface area contributed by atoms with Crippen LogP contribution in [0.15, 0.2) is 6.07 Å². The second-order valence-electron chi connectivity index (χ2n) is 9.82. The Morgan fingerprint density at radius 2 is 1.84 bits per heavy atom. The summed E-state index contributed by atoms with van der Waals surface area (Å²) in [4.78, 5) is 26.7. The SMILES string of the molecule is Cc1nc(CC2CCN(C(=O)CCc3n[nH]c4c3CCCC4)CC2)cc(N2CCCC2)n1. The van der Waals surface area contributed by atoms with Gasteiger partial charge in [-0.1, -0.05) is 0 Å². The molecule has 0 spiro atoms. The zero-order valence-electron chi connectivity index (χ0n) is 19.4. The summed E-state index contributed by atoms with van der Waals surface area (Å²) in [5.74, 6) is 2.85. The number of aryl methyl sites for hydroxylation is 3. The van der Waals surface area contributed by atoms with E-state index in [-0.39, 0.29) is 5.91 Å². The number of likely N-dealkylation sites (tertiary alicyclic amines) is 1. The molecule has 0 bridgehead atoms. The normalized spacial score (nSPS) is 19.4. The first kappa shape index (κ1) is 21.4. The third-order valence-electron chi connectivity index (χ3n) is 7.49. The second-order valence-corrected chi connectivity index (χ2v) is 9.82. The number of anilines is 1. The standard InChI is InChI=1S/C25H36N6O/c1-18-26-20(17-24(27-18)30-12-4-5-13-30)16-19-10-14-31(15-11-19)25(32)9-8-23-21-6-2-3-7-22(21)28-29-23/h17,19H,2-16H2,1H3,(H,28,29). The van der Waals surface area contributed by atoms with Gasteiger partial charge in [-0.2, -0.15) is 5.10 Å². The van der Waals surface area contributed by atoms with Crippen LogP contribution < -0.4 is 4.90 Å². The third kappa shape index (κ3) is 4.81. The number of carbonyl (C=O) groups excluding carboxylic acids is 1. The second kappa shape index (κ2) is 9.59. The van der Waals surface area contributed by atoms with Crippen molar-refractivity contribution in [3.8, 4) is 0 Å². The number of nitrogens with zero attached hydrogens (tertiary/aromatic N) is 5. The summed E-state index contributed by atoms with van der Waals surface area (Å²) in [6.07, 6.45) is 11.7. The molecular formula is C25H36N6O. The van der Waals surface area contributed by atoms with Crippen LogP contribution in [0.4, 0.5) is 5.82 Å². The van der Waals surface area contributed by atoms with Crippen molar-refractivity contribution in [1.82, 2.24) is 25.1 Å². The van der Waals surface area contributed by atoms with Gasteiger partial charge in [-0.15, -0.1) is 0 Å². The predicted octanol–water partition coefficient (Wildman–Crippen LogP) is 3.40. The van der Waals surface area contributed by atoms with Crippen LogP contribution in [0.2, 0.25) is 0 Å². The van der Waals surface area contributed by atoms with Crippen LogP contribution in [0, 0.1) is 12.8 Å². The van der Waals surface area contributed by atoms with Gasteiger partial charge in [0.1, 0.15) is 11.6 Å². The molecule has 0 atom stereocenters. The van der Waals surface area contributed by atoms with Crippen molar-refractivity contribution in [1.29, 1.82) is 0 Å². The molecule has 1 amide bonds. The lowest BCUT2D eigenvalue weighted by atomic mass is 9.91. The van der Waals surface area contributed by atoms with Gasteiger partial charge in [0.2, 0.25) is 5.91 Å². The minimum atomic E-state index is 0.283. The Hall–Kier alpha value is -2.44. The molecule has 0 aromatic carbocycles. The van der Waals surface area contributed by atoms with E-state index in [9.17, 15) is 4.79 Å². The van der Waals surface area contributed by atoms with Gasteiger partial charge in [0.05, 0.1) is 5.69 Å². The molecule has 2 fully saturated rings. The first-order valence-electron chi connectivity index (χ1n) is 12.6. The molecule has 2 aromatic heterocycles. The molecular weight excluding hydrogens is 400 g/mol. The summed E-state index contributed by atoms with van der Waals surface area (Å²) in [5, 5.41) is 7.70. The van der Waals surface area contributed by atoms with Gasteiger partial charge >= 0.3 is 0 Å². The van der Waals surface area contributed by atoms with Gasteiger partial charge in [0.15, 0.2) is 0 Å². The Kier molecular flexibility index (Phi) is 6.42. The Balaban J connectivity index is 1.11. The molecule has 172 valence electrons. The van der Waals surface area contributed by atoms with Crippen LogP contribution >= 0.6 is 0 Å². The van der Waals surface area contributed by atoms with Crippen molar-refractivity contribution in [3.63, 3.8) is 0 Å². The number of nitrogens with one attached hydrogen (secondary N) is 1. The van der Waals surface area contributed by atoms with Crippen LogP contribution in [0.1, 0.15) is 73.4 Å². The van der Waals surface area contributed by atoms with E-state index in [1.54, 1.807) is 0 Å². The number of piperidine rings is 1. The zero-order valence-corrected chi connectivity index (χ0v) is 19.4. The number of amides is 1. The monoisotopic (exact) mass is 436 g/mol. The largest absolute Gasteiger partial charge is 0.357 e. The highest BCUT2D eigenvalue weighted by molar-refractivity contribution is 5.76. The smallest absolute Gasteiger partial charge is 0.222 e. The molecule has 32 heavy (non-hydrogen) atoms. The first-order chi connectivity index (χ1) is 15.7. The molecule has 0 unspecified atom stereocenters. The number of fused-ring (bicyclic) bond motifs is 1. The molecule has 2 saturated heterocycles. The average Bonchev–Trinajstić information content (AvgIpc) is 3.48. The Morgan fingerprint density at radius 3 is 2.66 bits per heavy atom. The molecule has 7 nitrogen and oxygen atoms in total. The molecule has 2 aliphatic heterocycles. The van der Waals surface area contributed by atoms with Crippen molar-refractivity contribution in [3.05, 3.63) is 34.5 Å². The lowest BCUT2D eigenvalue weighted by molar-refractivity contribution is -0.132. The van der Waals surface area contributed by atoms with E-state index in [0.29, 0.717) is 12.3 Å². The summed E-state index contributed by atoms with van der Waals surface area (Å²) < 4.78 is 0. The van der Waals surface area contributed by atoms with Crippen LogP contribution in [0.5, 0.6) is 0 Å². The summed E-state index contributed by atoms with van der Waals surface area (Å²) in [5.41, 5.74) is 4.96. The van der Waals surface area contributed by atoms with E-state index in [0.717, 1.165) is 87.7 Å². The van der Waals surface area contributed by atoms with E-state index in [4.69, 9.17) is 4.98 Å². The Morgan fingerprint density at radius 1 is 1.06 bits per heavy atom. The molecule has 2 aromatic rings. The number of aromatic amines is 1. The maximum absolute atomic E-state index is 12.8. The minimum absolute atomic E-state index is 0.283. The summed E-state index contributed by atoms with van der Waals surface area (Å²) in [6.45, 7) is 5.95. The molecule has 0 saturated carbocycles. The van der Waals surface area contributed by atoms with E-state index < -0.39 is 0 Å². The van der Waals surface area contributed by atoms with Crippen LogP contribution in [-0.4, -0.2) is 57.2 Å². The predicted molar refractivity (Wildman–Crippen MR) is 125 cm³/mol. The van der Waals surface area contributed by atoms with Crippen molar-refractivity contribution >= 4 is 11.7 Å². The van der Waals surface area contributed by atoms with Gasteiger partial charge in [-0.25, -0.2) is 9.97 Å². The maximum Gasteiger partial charge on any atom is 0.222 e. The lowest BCUT2D eigenvalue weighted by Gasteiger charge is -2.32. The van der Waals surface area contributed by atoms with Crippen molar-refractivity contribution in [2.75, 3.05) is 31.1 Å². The van der Waals surface area contributed by atoms with Crippen LogP contribution in [0.25, 0.3) is 0 Å². The molecule has 0 radical (unpaired) electrons. The fraction of sp³-hybridized carbons (Fsp3) is 0.680. The number of hydrogen-bond acceptors (Lipinski definition) is 5. The molecule has 1 aliphatic carbocycles. The first-order valence-corrected chi connectivity index (χ1v) is 12.6. The molecule has 1 N–H and O–H groups in total. The van der Waals surface area contributed by atoms with Gasteiger partial charge < -0.3 is 9.80 Å². The fourth-order valence-electron chi connectivity index (χ4n) is 5.65. The third-order valence-corrected chi connectivity index (χ3v) is 7.49. The van der Waals surface area contributed by atoms with Crippen LogP contribution in [-0.2, 0) is 30.5 Å². The van der Waals surface area contributed by atoms with E-state index in [1.165, 1.54) is 36.9 Å². The molecule has 5 rings (SSSR count). The molecule has 4 heterocycles. The van der Waals surface area contributed by atoms with Crippen molar-refractivity contribution in [2.45, 2.75) is 77.6 Å². The van der Waals surface area contributed by atoms with Crippen LogP contribution in [0.3, 0.4) is 0 Å². The highest BCUT2D eigenvalue weighted by atomic mass is 16.2. The van der Waals surface area contributed by atoms with Gasteiger partial charge in [-0.05, 0) is 76.2 Å². The van der Waals surface area contributed by atoms with E-state index in [2.05, 4.69) is 31.0 Å². The Bertz CT molecular complexity index is 940. The van der Waals surface area contributed by atoms with Gasteiger partial charge in [0.25, 0.3) is 0 Å². The number of rotatable bonds is 6. The number of carbonyl (C=O) groups is 1. The maximum atomic E-state index is 12.8. The topological polar surface area (TPSA) is 78.0 Å². The van der Waals surface area contributed by atoms with Crippen molar-refractivity contribution in [2.24, 2.45) is 5.92 Å². The average molecular weight is 437 g/mol. The van der Waals surface area contributed by atoms with Gasteiger partial charge in [0, 0.05) is 56.5 Å². The fourth-order valence-corrected chi connectivity index (χ4v) is 5.65. The van der Waals surface area contributed by atoms with E-state index >= 15 is 0 Å². The summed E-state index contributed by atoms with van der Waals surface area (Å²) in [7, 11) is 0. The summed E-state index contributed by atoms with van der Waals surface area (Å²) >= 11 is 0. The highest BCUT2D eigenvalue weighted by Crippen LogP contribution is 2.26. The summed E-state index contributed by atoms with van der Waals surface area (Å²) in [6, 6.07) is 2.19. The number of hydrogen-bond donors (Lipinski definition) is 1. The quantitative estimate of drug-likeness (QED) is 0.751. The van der Waals surface area contributed by atoms with E-state index in [1.807, 2.05) is 6.92 Å². The van der Waals surface area contributed by atoms with Gasteiger partial charge in [-0.3, -0.25) is 9.89 Å². The Labute approximate surface area is 191 Å². The lowest BCUT2D eigenvalue weighted by Crippen LogP contribution is -2.39. The zero-order chi connectivity index (χ0) is 21.9. The minimum Gasteiger partial charge on any atom is -0.357 e. The number of aromatic nitrogens is 4. The molecule has 7 heteroatoms.